The van der Waals surface area contributed by atoms with E-state index >= 15 is 0 Å². The van der Waals surface area contributed by atoms with Crippen LogP contribution in [0.4, 0.5) is 16.9 Å². The summed E-state index contributed by atoms with van der Waals surface area (Å²) in [6.45, 7) is 7.20. The molecule has 0 radical (unpaired) electrons. The number of ether oxygens (including phenoxy) is 1. The third-order valence-electron chi connectivity index (χ3n) is 5.63. The van der Waals surface area contributed by atoms with Crippen molar-refractivity contribution in [3.8, 4) is 0 Å². The summed E-state index contributed by atoms with van der Waals surface area (Å²) < 4.78 is 5.43. The van der Waals surface area contributed by atoms with Gasteiger partial charge in [0.15, 0.2) is 5.13 Å². The molecule has 27 heavy (non-hydrogen) atoms. The highest BCUT2D eigenvalue weighted by Crippen LogP contribution is 2.32. The Kier molecular flexibility index (Phi) is 4.83. The number of thiazole rings is 1. The lowest BCUT2D eigenvalue weighted by Gasteiger charge is -2.35. The van der Waals surface area contributed by atoms with Crippen LogP contribution in [0.3, 0.4) is 0 Å². The third-order valence-corrected chi connectivity index (χ3v) is 6.85. The predicted molar refractivity (Wildman–Crippen MR) is 108 cm³/mol. The first-order chi connectivity index (χ1) is 13.4. The van der Waals surface area contributed by atoms with Crippen molar-refractivity contribution in [2.45, 2.75) is 25.7 Å². The molecule has 0 aromatic carbocycles. The fourth-order valence-corrected chi connectivity index (χ4v) is 5.23. The number of morpholine rings is 1. The zero-order valence-corrected chi connectivity index (χ0v) is 16.5. The van der Waals surface area contributed by atoms with Crippen LogP contribution in [-0.2, 0) is 17.6 Å². The highest BCUT2D eigenvalue weighted by molar-refractivity contribution is 7.15. The van der Waals surface area contributed by atoms with Crippen molar-refractivity contribution < 1.29 is 4.74 Å². The molecule has 0 N–H and O–H groups in total. The second-order valence-corrected chi connectivity index (χ2v) is 8.42. The van der Waals surface area contributed by atoms with Crippen LogP contribution in [0.5, 0.6) is 0 Å². The molecule has 8 heteroatoms. The van der Waals surface area contributed by atoms with Crippen LogP contribution in [0.15, 0.2) is 12.3 Å². The second-order valence-electron chi connectivity index (χ2n) is 7.36. The molecule has 144 valence electrons. The van der Waals surface area contributed by atoms with E-state index in [9.17, 15) is 0 Å². The van der Waals surface area contributed by atoms with Gasteiger partial charge >= 0.3 is 0 Å². The lowest BCUT2D eigenvalue weighted by molar-refractivity contribution is 0.122. The van der Waals surface area contributed by atoms with Crippen LogP contribution in [0.1, 0.15) is 23.4 Å². The Bertz CT molecular complexity index is 759. The van der Waals surface area contributed by atoms with Gasteiger partial charge in [0.25, 0.3) is 0 Å². The maximum absolute atomic E-state index is 5.43. The Balaban J connectivity index is 1.24. The first-order valence-corrected chi connectivity index (χ1v) is 10.8. The van der Waals surface area contributed by atoms with Gasteiger partial charge in [0, 0.05) is 50.3 Å². The summed E-state index contributed by atoms with van der Waals surface area (Å²) in [5, 5.41) is 1.22. The van der Waals surface area contributed by atoms with Crippen LogP contribution in [0, 0.1) is 0 Å². The van der Waals surface area contributed by atoms with Crippen LogP contribution in [0.25, 0.3) is 0 Å². The number of nitrogens with zero attached hydrogens (tertiary/aromatic N) is 6. The Morgan fingerprint density at radius 1 is 0.852 bits per heavy atom. The summed E-state index contributed by atoms with van der Waals surface area (Å²) in [5.41, 5.74) is 1.36. The Labute approximate surface area is 164 Å². The molecule has 2 aliphatic heterocycles. The van der Waals surface area contributed by atoms with E-state index in [2.05, 4.69) is 19.7 Å². The minimum absolute atomic E-state index is 0.754. The number of aryl methyl sites for hydroxylation is 2. The van der Waals surface area contributed by atoms with E-state index in [4.69, 9.17) is 14.7 Å². The second kappa shape index (κ2) is 7.59. The summed E-state index contributed by atoms with van der Waals surface area (Å²) in [4.78, 5) is 22.8. The molecule has 7 nitrogen and oxygen atoms in total. The van der Waals surface area contributed by atoms with Gasteiger partial charge in [-0.05, 0) is 31.7 Å². The first-order valence-electron chi connectivity index (χ1n) is 10.0. The summed E-state index contributed by atoms with van der Waals surface area (Å²) in [6.07, 6.45) is 6.88. The van der Waals surface area contributed by atoms with Gasteiger partial charge in [-0.15, -0.1) is 11.3 Å². The van der Waals surface area contributed by atoms with E-state index in [-0.39, 0.29) is 0 Å². The van der Waals surface area contributed by atoms with Crippen LogP contribution in [0.2, 0.25) is 0 Å². The van der Waals surface area contributed by atoms with E-state index in [1.54, 1.807) is 0 Å². The van der Waals surface area contributed by atoms with E-state index in [0.717, 1.165) is 70.7 Å². The highest BCUT2D eigenvalue weighted by atomic mass is 32.1. The minimum atomic E-state index is 0.754. The van der Waals surface area contributed by atoms with Crippen molar-refractivity contribution in [1.82, 2.24) is 15.0 Å². The molecule has 0 atom stereocenters. The molecule has 1 aliphatic carbocycles. The number of anilines is 3. The average molecular weight is 387 g/mol. The van der Waals surface area contributed by atoms with Gasteiger partial charge in [0.2, 0.25) is 5.95 Å². The zero-order chi connectivity index (χ0) is 18.1. The van der Waals surface area contributed by atoms with Gasteiger partial charge in [-0.2, -0.15) is 4.98 Å². The summed E-state index contributed by atoms with van der Waals surface area (Å²) in [7, 11) is 0. The molecular formula is C19H26N6OS. The van der Waals surface area contributed by atoms with Crippen molar-refractivity contribution >= 4 is 28.2 Å². The monoisotopic (exact) mass is 386 g/mol. The number of hydrogen-bond donors (Lipinski definition) is 0. The molecule has 2 fully saturated rings. The van der Waals surface area contributed by atoms with Gasteiger partial charge in [-0.25, -0.2) is 9.97 Å². The molecule has 2 aromatic rings. The van der Waals surface area contributed by atoms with Crippen LogP contribution < -0.4 is 14.7 Å². The van der Waals surface area contributed by atoms with Gasteiger partial charge in [0.05, 0.1) is 18.9 Å². The topological polar surface area (TPSA) is 57.6 Å². The van der Waals surface area contributed by atoms with E-state index in [1.807, 2.05) is 23.6 Å². The van der Waals surface area contributed by atoms with Crippen molar-refractivity contribution in [1.29, 1.82) is 0 Å². The lowest BCUT2D eigenvalue weighted by Crippen LogP contribution is -2.47. The lowest BCUT2D eigenvalue weighted by atomic mass is 10.0. The number of hydrogen-bond acceptors (Lipinski definition) is 8. The maximum atomic E-state index is 5.43. The molecule has 3 aliphatic rings. The zero-order valence-electron chi connectivity index (χ0n) is 15.6. The first kappa shape index (κ1) is 17.2. The normalized spacial score (nSPS) is 20.7. The molecule has 0 bridgehead atoms. The van der Waals surface area contributed by atoms with Crippen molar-refractivity contribution in [3.63, 3.8) is 0 Å². The molecule has 2 aromatic heterocycles. The van der Waals surface area contributed by atoms with Gasteiger partial charge in [-0.3, -0.25) is 0 Å². The smallest absolute Gasteiger partial charge is 0.227 e. The standard InChI is InChI=1S/C19H26N6OS/c1-2-4-16-15(3-1)21-19(27-16)25-9-7-23(8-10-25)17-5-6-20-18(22-17)24-11-13-26-14-12-24/h5-6H,1-4,7-14H2. The number of fused-ring (bicyclic) bond motifs is 1. The van der Waals surface area contributed by atoms with Crippen molar-refractivity contribution in [3.05, 3.63) is 22.8 Å². The largest absolute Gasteiger partial charge is 0.378 e. The fourth-order valence-electron chi connectivity index (χ4n) is 4.03. The summed E-state index contributed by atoms with van der Waals surface area (Å²) in [5.74, 6) is 1.86. The van der Waals surface area contributed by atoms with Crippen LogP contribution in [-0.4, -0.2) is 67.4 Å². The summed E-state index contributed by atoms with van der Waals surface area (Å²) in [6, 6.07) is 2.03. The third kappa shape index (κ3) is 3.60. The van der Waals surface area contributed by atoms with Gasteiger partial charge < -0.3 is 19.4 Å². The summed E-state index contributed by atoms with van der Waals surface area (Å²) >= 11 is 1.91. The molecule has 0 saturated carbocycles. The highest BCUT2D eigenvalue weighted by Gasteiger charge is 2.24. The molecular weight excluding hydrogens is 360 g/mol. The van der Waals surface area contributed by atoms with Gasteiger partial charge in [0.1, 0.15) is 5.82 Å². The Morgan fingerprint density at radius 3 is 2.44 bits per heavy atom. The van der Waals surface area contributed by atoms with Crippen LogP contribution >= 0.6 is 11.3 Å². The molecule has 4 heterocycles. The van der Waals surface area contributed by atoms with Gasteiger partial charge in [-0.1, -0.05) is 0 Å². The molecule has 2 saturated heterocycles. The molecule has 5 rings (SSSR count). The molecule has 0 amide bonds. The number of rotatable bonds is 3. The Morgan fingerprint density at radius 2 is 1.63 bits per heavy atom. The van der Waals surface area contributed by atoms with E-state index in [0.29, 0.717) is 0 Å². The fraction of sp³-hybridized carbons (Fsp3) is 0.632. The quantitative estimate of drug-likeness (QED) is 0.799. The van der Waals surface area contributed by atoms with Crippen molar-refractivity contribution in [2.75, 3.05) is 67.2 Å². The van der Waals surface area contributed by atoms with E-state index in [1.165, 1.54) is 35.0 Å². The number of piperazine rings is 1. The maximum Gasteiger partial charge on any atom is 0.227 e. The SMILES string of the molecule is c1cc(N2CCN(c3nc4c(s3)CCCC4)CC2)nc(N2CCOCC2)n1. The Hall–Kier alpha value is -1.93. The predicted octanol–water partition coefficient (Wildman–Crippen LogP) is 1.98. The number of aromatic nitrogens is 3. The molecule has 0 unspecified atom stereocenters. The minimum Gasteiger partial charge on any atom is -0.378 e. The van der Waals surface area contributed by atoms with E-state index < -0.39 is 0 Å². The molecule has 0 spiro atoms. The van der Waals surface area contributed by atoms with Crippen molar-refractivity contribution in [2.24, 2.45) is 0 Å². The average Bonchev–Trinajstić information content (AvgIpc) is 3.19.